The molecule has 0 spiro atoms. The maximum atomic E-state index is 11.4. The highest BCUT2D eigenvalue weighted by Gasteiger charge is 2.12. The molecule has 0 aliphatic heterocycles. The molecular weight excluding hydrogens is 176 g/mol. The third kappa shape index (κ3) is 1.35. The third-order valence-electron chi connectivity index (χ3n) is 2.48. The molecule has 0 fully saturated rings. The summed E-state index contributed by atoms with van der Waals surface area (Å²) < 4.78 is 1.64. The summed E-state index contributed by atoms with van der Waals surface area (Å²) in [5, 5.41) is 1.85. The molecule has 1 aliphatic rings. The maximum Gasteiger partial charge on any atom is 0.326 e. The molecule has 3 heteroatoms. The number of hydrogen-bond donors (Lipinski definition) is 1. The molecule has 3 nitrogen and oxygen atoms in total. The second-order valence-corrected chi connectivity index (χ2v) is 4.28. The number of hydrogen-bond acceptors (Lipinski definition) is 1. The largest absolute Gasteiger partial charge is 0.326 e. The maximum absolute atomic E-state index is 11.4. The van der Waals surface area contributed by atoms with Crippen LogP contribution in [0.1, 0.15) is 13.8 Å². The first-order valence-electron chi connectivity index (χ1n) is 4.67. The number of allylic oxidation sites excluding steroid dienone is 2. The number of rotatable bonds is 0. The van der Waals surface area contributed by atoms with Crippen LogP contribution in [0.4, 0.5) is 0 Å². The molecule has 0 aromatic carbocycles. The molecule has 2 rings (SSSR count). The summed E-state index contributed by atoms with van der Waals surface area (Å²) in [7, 11) is 1.78. The first-order valence-corrected chi connectivity index (χ1v) is 4.67. The molecule has 1 heterocycles. The fourth-order valence-electron chi connectivity index (χ4n) is 1.65. The number of nitrogens with one attached hydrogen (secondary N) is 1. The van der Waals surface area contributed by atoms with Crippen molar-refractivity contribution in [3.8, 4) is 0 Å². The average Bonchev–Trinajstić information content (AvgIpc) is 2.30. The van der Waals surface area contributed by atoms with Crippen LogP contribution in [-0.2, 0) is 7.05 Å². The Hall–Kier alpha value is -1.51. The second kappa shape index (κ2) is 2.74. The second-order valence-electron chi connectivity index (χ2n) is 4.28. The van der Waals surface area contributed by atoms with E-state index < -0.39 is 0 Å². The molecule has 0 unspecified atom stereocenters. The van der Waals surface area contributed by atoms with Gasteiger partial charge in [0.15, 0.2) is 0 Å². The first kappa shape index (κ1) is 9.06. The highest BCUT2D eigenvalue weighted by molar-refractivity contribution is 5.45. The van der Waals surface area contributed by atoms with Crippen molar-refractivity contribution in [2.75, 3.05) is 0 Å². The van der Waals surface area contributed by atoms with E-state index in [0.717, 1.165) is 10.7 Å². The summed E-state index contributed by atoms with van der Waals surface area (Å²) >= 11 is 0. The number of H-pyrrole nitrogens is 1. The van der Waals surface area contributed by atoms with Gasteiger partial charge < -0.3 is 4.98 Å². The van der Waals surface area contributed by atoms with Gasteiger partial charge in [0.1, 0.15) is 0 Å². The molecule has 0 atom stereocenters. The van der Waals surface area contributed by atoms with Crippen LogP contribution in [0.3, 0.4) is 0 Å². The Bertz CT molecular complexity index is 555. The van der Waals surface area contributed by atoms with Gasteiger partial charge in [0, 0.05) is 12.5 Å². The Labute approximate surface area is 82.1 Å². The van der Waals surface area contributed by atoms with Crippen LogP contribution in [0, 0.1) is 5.41 Å². The Morgan fingerprint density at radius 2 is 2.14 bits per heavy atom. The fraction of sp³-hybridized carbons (Fsp3) is 0.364. The van der Waals surface area contributed by atoms with Gasteiger partial charge in [0.2, 0.25) is 0 Å². The predicted molar refractivity (Wildman–Crippen MR) is 57.1 cm³/mol. The van der Waals surface area contributed by atoms with Gasteiger partial charge in [-0.25, -0.2) is 4.79 Å². The van der Waals surface area contributed by atoms with E-state index in [2.05, 4.69) is 31.0 Å². The third-order valence-corrected chi connectivity index (χ3v) is 2.48. The Morgan fingerprint density at radius 1 is 1.43 bits per heavy atom. The van der Waals surface area contributed by atoms with Gasteiger partial charge in [-0.1, -0.05) is 26.0 Å². The normalized spacial score (nSPS) is 17.9. The van der Waals surface area contributed by atoms with Crippen LogP contribution in [0.2, 0.25) is 0 Å². The number of nitrogens with zero attached hydrogens (tertiary/aromatic N) is 1. The summed E-state index contributed by atoms with van der Waals surface area (Å²) in [6, 6.07) is 0. The SMILES string of the molecule is Cn1c(=O)[nH]c2c1=CC(C)(C)C=CC=2. The van der Waals surface area contributed by atoms with E-state index in [0.29, 0.717) is 0 Å². The number of fused-ring (bicyclic) bond motifs is 1. The van der Waals surface area contributed by atoms with Gasteiger partial charge in [0.05, 0.1) is 10.7 Å². The van der Waals surface area contributed by atoms with Crippen molar-refractivity contribution in [1.82, 2.24) is 9.55 Å². The summed E-state index contributed by atoms with van der Waals surface area (Å²) in [6.07, 6.45) is 8.13. The topological polar surface area (TPSA) is 37.8 Å². The van der Waals surface area contributed by atoms with Crippen molar-refractivity contribution >= 4 is 12.2 Å². The lowest BCUT2D eigenvalue weighted by molar-refractivity contribution is 0.663. The van der Waals surface area contributed by atoms with Crippen LogP contribution < -0.4 is 16.4 Å². The Kier molecular flexibility index (Phi) is 1.77. The van der Waals surface area contributed by atoms with Crippen molar-refractivity contribution in [3.05, 3.63) is 33.3 Å². The monoisotopic (exact) mass is 190 g/mol. The average molecular weight is 190 g/mol. The van der Waals surface area contributed by atoms with Crippen molar-refractivity contribution < 1.29 is 0 Å². The summed E-state index contributed by atoms with van der Waals surface area (Å²) in [5.41, 5.74) is -0.0673. The minimum Gasteiger partial charge on any atom is -0.306 e. The summed E-state index contributed by atoms with van der Waals surface area (Å²) in [5.74, 6) is 0. The van der Waals surface area contributed by atoms with E-state index in [4.69, 9.17) is 0 Å². The molecule has 14 heavy (non-hydrogen) atoms. The molecule has 0 saturated carbocycles. The molecule has 0 saturated heterocycles. The van der Waals surface area contributed by atoms with Crippen LogP contribution in [0.25, 0.3) is 12.2 Å². The Morgan fingerprint density at radius 3 is 2.86 bits per heavy atom. The van der Waals surface area contributed by atoms with E-state index in [1.54, 1.807) is 11.6 Å². The highest BCUT2D eigenvalue weighted by Crippen LogP contribution is 2.18. The van der Waals surface area contributed by atoms with Gasteiger partial charge in [-0.05, 0) is 12.2 Å². The zero-order valence-corrected chi connectivity index (χ0v) is 8.66. The molecule has 74 valence electrons. The van der Waals surface area contributed by atoms with Gasteiger partial charge in [-0.2, -0.15) is 0 Å². The zero-order chi connectivity index (χ0) is 10.3. The van der Waals surface area contributed by atoms with Gasteiger partial charge in [-0.15, -0.1) is 0 Å². The molecule has 1 aromatic heterocycles. The molecule has 0 amide bonds. The molecule has 0 radical (unpaired) electrons. The molecule has 1 N–H and O–H groups in total. The van der Waals surface area contributed by atoms with E-state index in [1.165, 1.54) is 0 Å². The smallest absolute Gasteiger partial charge is 0.306 e. The standard InChI is InChI=1S/C11H14N2O/c1-11(2)6-4-5-8-9(7-11)13(3)10(14)12-8/h4-7H,1-3H3,(H,12,14). The van der Waals surface area contributed by atoms with Crippen molar-refractivity contribution in [2.24, 2.45) is 12.5 Å². The molecular formula is C11H14N2O. The van der Waals surface area contributed by atoms with E-state index in [1.807, 2.05) is 12.2 Å². The Balaban J connectivity index is 2.91. The lowest BCUT2D eigenvalue weighted by atomic mass is 9.93. The molecule has 0 bridgehead atoms. The van der Waals surface area contributed by atoms with Crippen LogP contribution >= 0.6 is 0 Å². The van der Waals surface area contributed by atoms with E-state index in [-0.39, 0.29) is 11.1 Å². The van der Waals surface area contributed by atoms with Crippen LogP contribution in [-0.4, -0.2) is 9.55 Å². The van der Waals surface area contributed by atoms with Crippen LogP contribution in [0.15, 0.2) is 16.9 Å². The minimum atomic E-state index is -0.0615. The lowest BCUT2D eigenvalue weighted by Crippen LogP contribution is -2.31. The predicted octanol–water partition coefficient (Wildman–Crippen LogP) is -0.130. The fourth-order valence-corrected chi connectivity index (χ4v) is 1.65. The number of imidazole rings is 1. The highest BCUT2D eigenvalue weighted by atomic mass is 16.1. The summed E-state index contributed by atoms with van der Waals surface area (Å²) in [4.78, 5) is 14.2. The molecule has 1 aromatic rings. The summed E-state index contributed by atoms with van der Waals surface area (Å²) in [6.45, 7) is 4.23. The number of aromatic nitrogens is 2. The van der Waals surface area contributed by atoms with E-state index in [9.17, 15) is 4.79 Å². The van der Waals surface area contributed by atoms with Gasteiger partial charge in [0.25, 0.3) is 0 Å². The van der Waals surface area contributed by atoms with Crippen molar-refractivity contribution in [1.29, 1.82) is 0 Å². The quantitative estimate of drug-likeness (QED) is 0.608. The zero-order valence-electron chi connectivity index (χ0n) is 8.66. The van der Waals surface area contributed by atoms with Gasteiger partial charge >= 0.3 is 5.69 Å². The van der Waals surface area contributed by atoms with Gasteiger partial charge in [-0.3, -0.25) is 4.57 Å². The van der Waals surface area contributed by atoms with Crippen molar-refractivity contribution in [2.45, 2.75) is 13.8 Å². The number of aromatic amines is 1. The first-order chi connectivity index (χ1) is 6.49. The molecule has 1 aliphatic carbocycles. The van der Waals surface area contributed by atoms with Crippen LogP contribution in [0.5, 0.6) is 0 Å². The minimum absolute atomic E-state index is 0.00581. The van der Waals surface area contributed by atoms with Crippen molar-refractivity contribution in [3.63, 3.8) is 0 Å². The lowest BCUT2D eigenvalue weighted by Gasteiger charge is -2.12. The van der Waals surface area contributed by atoms with E-state index >= 15 is 0 Å².